The third-order valence-electron chi connectivity index (χ3n) is 5.37. The highest BCUT2D eigenvalue weighted by Crippen LogP contribution is 2.41. The van der Waals surface area contributed by atoms with Crippen LogP contribution in [-0.2, 0) is 20.7 Å². The fraction of sp³-hybridized carbons (Fsp3) is 0.500. The maximum atomic E-state index is 12.4. The predicted octanol–water partition coefficient (Wildman–Crippen LogP) is 3.65. The van der Waals surface area contributed by atoms with Crippen LogP contribution in [0.15, 0.2) is 30.5 Å². The summed E-state index contributed by atoms with van der Waals surface area (Å²) in [5.41, 5.74) is 4.54. The van der Waals surface area contributed by atoms with Gasteiger partial charge in [0.25, 0.3) is 0 Å². The fourth-order valence-corrected chi connectivity index (χ4v) is 3.94. The van der Waals surface area contributed by atoms with Crippen molar-refractivity contribution in [2.75, 3.05) is 7.11 Å². The topological polar surface area (TPSA) is 73.2 Å². The number of amides is 1. The van der Waals surface area contributed by atoms with Crippen LogP contribution in [0.4, 0.5) is 0 Å². The first-order chi connectivity index (χ1) is 13.3. The molecule has 3 rings (SSSR count). The van der Waals surface area contributed by atoms with Gasteiger partial charge < -0.3 is 10.1 Å². The van der Waals surface area contributed by atoms with E-state index in [1.807, 2.05) is 23.0 Å². The number of nitrogens with one attached hydrogen (secondary N) is 1. The molecular formula is C22H29N3O3. The van der Waals surface area contributed by atoms with Crippen molar-refractivity contribution in [1.82, 2.24) is 15.1 Å². The number of hydrogen-bond donors (Lipinski definition) is 1. The first kappa shape index (κ1) is 20.1. The third-order valence-corrected chi connectivity index (χ3v) is 5.37. The number of aromatic nitrogens is 2. The molecule has 150 valence electrons. The Labute approximate surface area is 166 Å². The molecule has 1 aromatic carbocycles. The third kappa shape index (κ3) is 4.43. The molecule has 1 N–H and O–H groups in total. The minimum Gasteiger partial charge on any atom is -0.469 e. The van der Waals surface area contributed by atoms with Crippen LogP contribution in [0.5, 0.6) is 0 Å². The maximum absolute atomic E-state index is 12.4. The van der Waals surface area contributed by atoms with Crippen LogP contribution in [0.3, 0.4) is 0 Å². The van der Waals surface area contributed by atoms with Crippen LogP contribution in [-0.4, -0.2) is 28.8 Å². The second-order valence-electron chi connectivity index (χ2n) is 8.34. The zero-order valence-electron chi connectivity index (χ0n) is 17.1. The summed E-state index contributed by atoms with van der Waals surface area (Å²) < 4.78 is 6.64. The van der Waals surface area contributed by atoms with Crippen molar-refractivity contribution in [3.8, 4) is 5.69 Å². The number of para-hydroxylation sites is 1. The number of nitrogens with zero attached hydrogens (tertiary/aromatic N) is 2. The second kappa shape index (κ2) is 8.17. The lowest BCUT2D eigenvalue weighted by atomic mass is 9.74. The number of ether oxygens (including phenoxy) is 1. The Kier molecular flexibility index (Phi) is 5.87. The van der Waals surface area contributed by atoms with Gasteiger partial charge in [0.1, 0.15) is 0 Å². The summed E-state index contributed by atoms with van der Waals surface area (Å²) in [6, 6.07) is 8.13. The molecular weight excluding hydrogens is 354 g/mol. The van der Waals surface area contributed by atoms with Gasteiger partial charge in [-0.25, -0.2) is 4.68 Å². The molecule has 1 aromatic heterocycles. The summed E-state index contributed by atoms with van der Waals surface area (Å²) in [4.78, 5) is 23.7. The number of methoxy groups -OCH3 is 1. The van der Waals surface area contributed by atoms with E-state index in [4.69, 9.17) is 0 Å². The van der Waals surface area contributed by atoms with Gasteiger partial charge in [0, 0.05) is 18.4 Å². The Morgan fingerprint density at radius 2 is 2.04 bits per heavy atom. The second-order valence-corrected chi connectivity index (χ2v) is 8.34. The van der Waals surface area contributed by atoms with Gasteiger partial charge in [-0.05, 0) is 43.2 Å². The van der Waals surface area contributed by atoms with Crippen LogP contribution in [0.2, 0.25) is 0 Å². The number of rotatable bonds is 6. The normalized spacial score (nSPS) is 17.6. The summed E-state index contributed by atoms with van der Waals surface area (Å²) in [5.74, 6) is -0.324. The zero-order chi connectivity index (χ0) is 20.3. The molecule has 1 aliphatic carbocycles. The summed E-state index contributed by atoms with van der Waals surface area (Å²) in [7, 11) is 1.36. The van der Waals surface area contributed by atoms with Crippen molar-refractivity contribution < 1.29 is 14.3 Å². The summed E-state index contributed by atoms with van der Waals surface area (Å²) >= 11 is 0. The molecule has 1 atom stereocenters. The van der Waals surface area contributed by atoms with Crippen molar-refractivity contribution >= 4 is 11.9 Å². The molecule has 1 aliphatic rings. The van der Waals surface area contributed by atoms with Crippen LogP contribution < -0.4 is 5.32 Å². The molecule has 0 radical (unpaired) electrons. The van der Waals surface area contributed by atoms with E-state index in [0.717, 1.165) is 29.8 Å². The quantitative estimate of drug-likeness (QED) is 0.773. The summed E-state index contributed by atoms with van der Waals surface area (Å²) in [6.07, 6.45) is 4.72. The molecule has 1 amide bonds. The predicted molar refractivity (Wildman–Crippen MR) is 107 cm³/mol. The first-order valence-corrected chi connectivity index (χ1v) is 9.80. The molecule has 0 saturated heterocycles. The Bertz CT molecular complexity index is 870. The van der Waals surface area contributed by atoms with E-state index in [-0.39, 0.29) is 29.8 Å². The van der Waals surface area contributed by atoms with Gasteiger partial charge in [0.2, 0.25) is 5.91 Å². The Balaban J connectivity index is 1.79. The zero-order valence-corrected chi connectivity index (χ0v) is 17.1. The number of aryl methyl sites for hydroxylation is 1. The van der Waals surface area contributed by atoms with Gasteiger partial charge in [-0.2, -0.15) is 5.10 Å². The number of carbonyl (C=O) groups excluding carboxylic acids is 2. The van der Waals surface area contributed by atoms with Crippen molar-refractivity contribution in [2.24, 2.45) is 5.41 Å². The maximum Gasteiger partial charge on any atom is 0.305 e. The standard InChI is InChI=1S/C22H29N3O3/c1-15-8-5-6-9-18(15)25-19-13-22(2,3)12-17(16(19)14-23-25)24-20(26)10-7-11-21(27)28-4/h5-6,8-9,14,17H,7,10-13H2,1-4H3,(H,24,26)/t17-/m1/s1. The minimum atomic E-state index is -0.284. The highest BCUT2D eigenvalue weighted by molar-refractivity contribution is 5.77. The lowest BCUT2D eigenvalue weighted by Crippen LogP contribution is -2.36. The summed E-state index contributed by atoms with van der Waals surface area (Å²) in [6.45, 7) is 6.53. The van der Waals surface area contributed by atoms with Crippen molar-refractivity contribution in [1.29, 1.82) is 0 Å². The lowest BCUT2D eigenvalue weighted by Gasteiger charge is -2.36. The van der Waals surface area contributed by atoms with E-state index in [9.17, 15) is 9.59 Å². The van der Waals surface area contributed by atoms with Gasteiger partial charge in [-0.15, -0.1) is 0 Å². The Morgan fingerprint density at radius 3 is 2.75 bits per heavy atom. The van der Waals surface area contributed by atoms with Crippen molar-refractivity contribution in [3.63, 3.8) is 0 Å². The Morgan fingerprint density at radius 1 is 1.29 bits per heavy atom. The van der Waals surface area contributed by atoms with E-state index in [0.29, 0.717) is 12.8 Å². The van der Waals surface area contributed by atoms with E-state index < -0.39 is 0 Å². The van der Waals surface area contributed by atoms with Gasteiger partial charge in [-0.1, -0.05) is 32.0 Å². The first-order valence-electron chi connectivity index (χ1n) is 9.80. The van der Waals surface area contributed by atoms with Crippen molar-refractivity contribution in [3.05, 3.63) is 47.3 Å². The van der Waals surface area contributed by atoms with E-state index in [1.54, 1.807) is 0 Å². The highest BCUT2D eigenvalue weighted by atomic mass is 16.5. The molecule has 6 nitrogen and oxygen atoms in total. The highest BCUT2D eigenvalue weighted by Gasteiger charge is 2.36. The molecule has 0 unspecified atom stereocenters. The van der Waals surface area contributed by atoms with Crippen LogP contribution in [0.1, 0.15) is 62.4 Å². The lowest BCUT2D eigenvalue weighted by molar-refractivity contribution is -0.140. The minimum absolute atomic E-state index is 0.0406. The molecule has 0 spiro atoms. The molecule has 0 bridgehead atoms. The fourth-order valence-electron chi connectivity index (χ4n) is 3.94. The van der Waals surface area contributed by atoms with Crippen LogP contribution >= 0.6 is 0 Å². The van der Waals surface area contributed by atoms with E-state index in [2.05, 4.69) is 48.1 Å². The SMILES string of the molecule is COC(=O)CCCC(=O)N[C@@H]1CC(C)(C)Cc2c1cnn2-c1ccccc1C. The van der Waals surface area contributed by atoms with Crippen LogP contribution in [0, 0.1) is 12.3 Å². The van der Waals surface area contributed by atoms with Crippen LogP contribution in [0.25, 0.3) is 5.69 Å². The molecule has 0 aliphatic heterocycles. The summed E-state index contributed by atoms with van der Waals surface area (Å²) in [5, 5.41) is 7.81. The number of benzene rings is 1. The number of hydrogen-bond acceptors (Lipinski definition) is 4. The van der Waals surface area contributed by atoms with Gasteiger partial charge in [0.05, 0.1) is 30.7 Å². The monoisotopic (exact) mass is 383 g/mol. The number of carbonyl (C=O) groups is 2. The molecule has 0 saturated carbocycles. The molecule has 2 aromatic rings. The smallest absolute Gasteiger partial charge is 0.305 e. The van der Waals surface area contributed by atoms with Gasteiger partial charge in [0.15, 0.2) is 0 Å². The van der Waals surface area contributed by atoms with E-state index >= 15 is 0 Å². The average Bonchev–Trinajstić information content (AvgIpc) is 3.04. The molecule has 28 heavy (non-hydrogen) atoms. The van der Waals surface area contributed by atoms with Crippen molar-refractivity contribution in [2.45, 2.75) is 58.9 Å². The van der Waals surface area contributed by atoms with Gasteiger partial charge >= 0.3 is 5.97 Å². The van der Waals surface area contributed by atoms with E-state index in [1.165, 1.54) is 12.7 Å². The molecule has 0 fully saturated rings. The number of fused-ring (bicyclic) bond motifs is 1. The largest absolute Gasteiger partial charge is 0.469 e. The number of esters is 1. The molecule has 6 heteroatoms. The van der Waals surface area contributed by atoms with Gasteiger partial charge in [-0.3, -0.25) is 9.59 Å². The Hall–Kier alpha value is -2.63. The average molecular weight is 383 g/mol. The molecule has 1 heterocycles.